The summed E-state index contributed by atoms with van der Waals surface area (Å²) in [5.41, 5.74) is 6.84. The van der Waals surface area contributed by atoms with Crippen LogP contribution in [0.3, 0.4) is 0 Å². The highest BCUT2D eigenvalue weighted by molar-refractivity contribution is 9.10. The van der Waals surface area contributed by atoms with E-state index in [1.807, 2.05) is 18.2 Å². The van der Waals surface area contributed by atoms with Crippen molar-refractivity contribution in [1.82, 2.24) is 0 Å². The van der Waals surface area contributed by atoms with E-state index in [2.05, 4.69) is 35.1 Å². The van der Waals surface area contributed by atoms with Gasteiger partial charge in [-0.3, -0.25) is 0 Å². The van der Waals surface area contributed by atoms with E-state index in [9.17, 15) is 0 Å². The lowest BCUT2D eigenvalue weighted by molar-refractivity contribution is -0.0882. The molecule has 0 aliphatic carbocycles. The van der Waals surface area contributed by atoms with Crippen LogP contribution in [0.5, 0.6) is 0 Å². The lowest BCUT2D eigenvalue weighted by Crippen LogP contribution is -2.55. The highest BCUT2D eigenvalue weighted by Crippen LogP contribution is 2.37. The van der Waals surface area contributed by atoms with Gasteiger partial charge in [0, 0.05) is 29.7 Å². The summed E-state index contributed by atoms with van der Waals surface area (Å²) < 4.78 is 6.82. The third kappa shape index (κ3) is 3.48. The molecule has 1 fully saturated rings. The Labute approximate surface area is 134 Å². The molecule has 0 radical (unpaired) electrons. The molecule has 112 valence electrons. The van der Waals surface area contributed by atoms with E-state index in [4.69, 9.17) is 22.1 Å². The van der Waals surface area contributed by atoms with E-state index in [0.29, 0.717) is 11.6 Å². The Morgan fingerprint density at radius 3 is 2.85 bits per heavy atom. The predicted molar refractivity (Wildman–Crippen MR) is 88.4 cm³/mol. The molecule has 0 amide bonds. The molecule has 1 aliphatic heterocycles. The number of nitrogens with two attached hydrogens (primary N) is 1. The fourth-order valence-electron chi connectivity index (χ4n) is 2.79. The fourth-order valence-corrected chi connectivity index (χ4v) is 3.21. The van der Waals surface area contributed by atoms with Gasteiger partial charge >= 0.3 is 0 Å². The number of ether oxygens (including phenoxy) is 1. The molecule has 1 aliphatic rings. The molecule has 2 unspecified atom stereocenters. The van der Waals surface area contributed by atoms with Crippen LogP contribution in [0, 0.1) is 0 Å². The second-order valence-corrected chi connectivity index (χ2v) is 7.08. The number of benzene rings is 1. The molecule has 0 saturated carbocycles. The standard InChI is InChI=1S/C15H22BrClN2O/c1-3-14(2)9-15(10-18,6-7-20-14)19-11-4-5-12(16)13(17)8-11/h4-5,8,19H,3,6-7,9-10,18H2,1-2H3. The number of hydrogen-bond donors (Lipinski definition) is 2. The van der Waals surface area contributed by atoms with E-state index in [0.717, 1.165) is 36.0 Å². The van der Waals surface area contributed by atoms with E-state index >= 15 is 0 Å². The quantitative estimate of drug-likeness (QED) is 0.845. The van der Waals surface area contributed by atoms with Gasteiger partial charge < -0.3 is 15.8 Å². The van der Waals surface area contributed by atoms with Crippen LogP contribution >= 0.6 is 27.5 Å². The molecule has 3 N–H and O–H groups in total. The zero-order valence-corrected chi connectivity index (χ0v) is 14.4. The lowest BCUT2D eigenvalue weighted by Gasteiger charge is -2.46. The van der Waals surface area contributed by atoms with Crippen molar-refractivity contribution >= 4 is 33.2 Å². The van der Waals surface area contributed by atoms with Gasteiger partial charge in [0.15, 0.2) is 0 Å². The summed E-state index contributed by atoms with van der Waals surface area (Å²) >= 11 is 9.57. The molecule has 1 heterocycles. The van der Waals surface area contributed by atoms with Gasteiger partial charge in [-0.1, -0.05) is 18.5 Å². The molecule has 0 spiro atoms. The van der Waals surface area contributed by atoms with Gasteiger partial charge in [0.05, 0.1) is 16.2 Å². The van der Waals surface area contributed by atoms with Crippen molar-refractivity contribution in [3.05, 3.63) is 27.7 Å². The van der Waals surface area contributed by atoms with E-state index in [1.54, 1.807) is 0 Å². The SMILES string of the molecule is CCC1(C)CC(CN)(Nc2ccc(Br)c(Cl)c2)CCO1. The molecule has 1 saturated heterocycles. The minimum Gasteiger partial charge on any atom is -0.378 e. The Balaban J connectivity index is 2.20. The first kappa shape index (κ1) is 16.1. The average molecular weight is 362 g/mol. The zero-order valence-electron chi connectivity index (χ0n) is 12.0. The summed E-state index contributed by atoms with van der Waals surface area (Å²) in [5.74, 6) is 0. The van der Waals surface area contributed by atoms with Crippen LogP contribution in [-0.4, -0.2) is 24.3 Å². The maximum Gasteiger partial charge on any atom is 0.0674 e. The number of anilines is 1. The van der Waals surface area contributed by atoms with Gasteiger partial charge in [0.1, 0.15) is 0 Å². The maximum atomic E-state index is 6.16. The van der Waals surface area contributed by atoms with Crippen LogP contribution in [0.4, 0.5) is 5.69 Å². The van der Waals surface area contributed by atoms with Gasteiger partial charge in [0.2, 0.25) is 0 Å². The molecular formula is C15H22BrClN2O. The van der Waals surface area contributed by atoms with Crippen LogP contribution in [0.15, 0.2) is 22.7 Å². The molecule has 1 aromatic rings. The first-order valence-corrected chi connectivity index (χ1v) is 8.16. The van der Waals surface area contributed by atoms with Crippen molar-refractivity contribution in [2.24, 2.45) is 5.73 Å². The van der Waals surface area contributed by atoms with Gasteiger partial charge in [-0.2, -0.15) is 0 Å². The maximum absolute atomic E-state index is 6.16. The van der Waals surface area contributed by atoms with Gasteiger partial charge in [-0.25, -0.2) is 0 Å². The number of hydrogen-bond acceptors (Lipinski definition) is 3. The van der Waals surface area contributed by atoms with E-state index < -0.39 is 0 Å². The third-order valence-corrected chi connectivity index (χ3v) is 5.44. The summed E-state index contributed by atoms with van der Waals surface area (Å²) in [5, 5.41) is 4.29. The zero-order chi connectivity index (χ0) is 14.8. The Kier molecular flexibility index (Phi) is 5.00. The van der Waals surface area contributed by atoms with Crippen molar-refractivity contribution in [2.45, 2.75) is 44.2 Å². The van der Waals surface area contributed by atoms with Gasteiger partial charge in [0.25, 0.3) is 0 Å². The summed E-state index contributed by atoms with van der Waals surface area (Å²) in [6.45, 7) is 5.63. The minimum atomic E-state index is -0.125. The van der Waals surface area contributed by atoms with Gasteiger partial charge in [-0.05, 0) is 53.9 Å². The molecule has 1 aromatic carbocycles. The fraction of sp³-hybridized carbons (Fsp3) is 0.600. The number of halogens is 2. The van der Waals surface area contributed by atoms with Crippen LogP contribution in [-0.2, 0) is 4.74 Å². The van der Waals surface area contributed by atoms with E-state index in [-0.39, 0.29) is 11.1 Å². The van der Waals surface area contributed by atoms with Crippen molar-refractivity contribution in [3.8, 4) is 0 Å². The molecular weight excluding hydrogens is 340 g/mol. The Bertz CT molecular complexity index is 485. The van der Waals surface area contributed by atoms with Crippen molar-refractivity contribution < 1.29 is 4.74 Å². The van der Waals surface area contributed by atoms with Crippen molar-refractivity contribution in [2.75, 3.05) is 18.5 Å². The topological polar surface area (TPSA) is 47.3 Å². The molecule has 2 rings (SSSR count). The molecule has 3 nitrogen and oxygen atoms in total. The summed E-state index contributed by atoms with van der Waals surface area (Å²) in [4.78, 5) is 0. The van der Waals surface area contributed by atoms with Crippen LogP contribution in [0.2, 0.25) is 5.02 Å². The molecule has 2 atom stereocenters. The first-order chi connectivity index (χ1) is 9.42. The second-order valence-electron chi connectivity index (χ2n) is 5.82. The minimum absolute atomic E-state index is 0.107. The summed E-state index contributed by atoms with van der Waals surface area (Å²) in [7, 11) is 0. The number of nitrogens with one attached hydrogen (secondary N) is 1. The largest absolute Gasteiger partial charge is 0.378 e. The second kappa shape index (κ2) is 6.22. The van der Waals surface area contributed by atoms with Gasteiger partial charge in [-0.15, -0.1) is 0 Å². The normalized spacial score (nSPS) is 30.2. The Hall–Kier alpha value is -0.290. The third-order valence-electron chi connectivity index (χ3n) is 4.21. The average Bonchev–Trinajstić information content (AvgIpc) is 2.43. The van der Waals surface area contributed by atoms with Crippen LogP contribution < -0.4 is 11.1 Å². The van der Waals surface area contributed by atoms with Crippen molar-refractivity contribution in [3.63, 3.8) is 0 Å². The summed E-state index contributed by atoms with van der Waals surface area (Å²) in [6, 6.07) is 5.90. The molecule has 5 heteroatoms. The highest BCUT2D eigenvalue weighted by atomic mass is 79.9. The highest BCUT2D eigenvalue weighted by Gasteiger charge is 2.41. The number of rotatable bonds is 4. The van der Waals surface area contributed by atoms with Crippen LogP contribution in [0.1, 0.15) is 33.1 Å². The van der Waals surface area contributed by atoms with Crippen molar-refractivity contribution in [1.29, 1.82) is 0 Å². The summed E-state index contributed by atoms with van der Waals surface area (Å²) in [6.07, 6.45) is 2.80. The Morgan fingerprint density at radius 1 is 1.50 bits per heavy atom. The predicted octanol–water partition coefficient (Wildman–Crippen LogP) is 4.19. The monoisotopic (exact) mass is 360 g/mol. The van der Waals surface area contributed by atoms with Crippen LogP contribution in [0.25, 0.3) is 0 Å². The molecule has 20 heavy (non-hydrogen) atoms. The Morgan fingerprint density at radius 2 is 2.25 bits per heavy atom. The molecule has 0 aromatic heterocycles. The lowest BCUT2D eigenvalue weighted by atomic mass is 9.79. The smallest absolute Gasteiger partial charge is 0.0674 e. The van der Waals surface area contributed by atoms with E-state index in [1.165, 1.54) is 0 Å². The molecule has 0 bridgehead atoms. The first-order valence-electron chi connectivity index (χ1n) is 6.99.